The molecule has 1 aliphatic heterocycles. The Hall–Kier alpha value is -3.10. The number of hydrogen-bond donors (Lipinski definition) is 2. The van der Waals surface area contributed by atoms with Gasteiger partial charge in [-0.25, -0.2) is 0 Å². The van der Waals surface area contributed by atoms with Crippen LogP contribution in [-0.4, -0.2) is 67.9 Å². The van der Waals surface area contributed by atoms with Crippen molar-refractivity contribution < 1.29 is 9.90 Å². The minimum Gasteiger partial charge on any atom is -0.390 e. The van der Waals surface area contributed by atoms with Gasteiger partial charge in [0.15, 0.2) is 5.82 Å². The number of hydrogen-bond acceptors (Lipinski definition) is 6. The molecule has 1 atom stereocenters. The molecule has 0 aliphatic carbocycles. The van der Waals surface area contributed by atoms with Crippen LogP contribution in [0.3, 0.4) is 0 Å². The predicted molar refractivity (Wildman–Crippen MR) is 123 cm³/mol. The lowest BCUT2D eigenvalue weighted by Crippen LogP contribution is -2.55. The third-order valence-electron chi connectivity index (χ3n) is 5.67. The molecule has 1 aromatic heterocycles. The van der Waals surface area contributed by atoms with Gasteiger partial charge in [0, 0.05) is 37.2 Å². The highest BCUT2D eigenvalue weighted by Gasteiger charge is 2.26. The van der Waals surface area contributed by atoms with E-state index >= 15 is 0 Å². The monoisotopic (exact) mass is 434 g/mol. The molecule has 8 heteroatoms. The zero-order valence-corrected chi connectivity index (χ0v) is 19.0. The number of carbonyl (C=O) groups excluding carboxylic acids is 1. The molecule has 4 rings (SSSR count). The fourth-order valence-electron chi connectivity index (χ4n) is 3.95. The molecule has 1 amide bonds. The Morgan fingerprint density at radius 2 is 1.84 bits per heavy atom. The van der Waals surface area contributed by atoms with Gasteiger partial charge in [0.2, 0.25) is 0 Å². The number of aliphatic hydroxyl groups is 1. The third kappa shape index (κ3) is 4.87. The topological polar surface area (TPSA) is 96.2 Å². The van der Waals surface area contributed by atoms with Crippen LogP contribution in [0.2, 0.25) is 0 Å². The standard InChI is InChI=1S/C24H30N6O2/c1-15(2)23-26-27-28-30(23)21-10-19(18-7-5-16(3)6-8-18)9-20(11-21)24(32)25-17(4)12-29-13-22(31)14-29/h5-11,15,17,22,31H,12-14H2,1-4H3,(H,25,32)/t17-/m1/s1. The number of benzene rings is 2. The Balaban J connectivity index is 1.66. The Bertz CT molecular complexity index is 1090. The van der Waals surface area contributed by atoms with Crippen LogP contribution in [0.15, 0.2) is 42.5 Å². The average molecular weight is 435 g/mol. The van der Waals surface area contributed by atoms with Crippen molar-refractivity contribution in [3.05, 3.63) is 59.4 Å². The van der Waals surface area contributed by atoms with E-state index in [1.807, 2.05) is 45.9 Å². The number of amides is 1. The Morgan fingerprint density at radius 3 is 2.50 bits per heavy atom. The number of aliphatic hydroxyl groups excluding tert-OH is 1. The largest absolute Gasteiger partial charge is 0.390 e. The van der Waals surface area contributed by atoms with Crippen LogP contribution in [0.4, 0.5) is 0 Å². The number of aryl methyl sites for hydroxylation is 1. The number of rotatable bonds is 7. The number of nitrogens with zero attached hydrogens (tertiary/aromatic N) is 5. The van der Waals surface area contributed by atoms with Gasteiger partial charge in [0.1, 0.15) is 0 Å². The molecule has 0 saturated carbocycles. The molecule has 0 radical (unpaired) electrons. The molecule has 32 heavy (non-hydrogen) atoms. The van der Waals surface area contributed by atoms with Gasteiger partial charge in [0.05, 0.1) is 11.8 Å². The van der Waals surface area contributed by atoms with Crippen LogP contribution in [-0.2, 0) is 0 Å². The first kappa shape index (κ1) is 22.1. The van der Waals surface area contributed by atoms with Gasteiger partial charge in [-0.2, -0.15) is 4.68 Å². The number of carbonyl (C=O) groups is 1. The van der Waals surface area contributed by atoms with Crippen LogP contribution in [0.5, 0.6) is 0 Å². The number of nitrogens with one attached hydrogen (secondary N) is 1. The van der Waals surface area contributed by atoms with E-state index in [0.717, 1.165) is 22.6 Å². The SMILES string of the molecule is Cc1ccc(-c2cc(C(=O)N[C@H](C)CN3CC(O)C3)cc(-n3nnnc3C(C)C)c2)cc1. The maximum absolute atomic E-state index is 13.1. The fourth-order valence-corrected chi connectivity index (χ4v) is 3.95. The number of aromatic nitrogens is 4. The highest BCUT2D eigenvalue weighted by molar-refractivity contribution is 5.96. The molecule has 0 bridgehead atoms. The molecule has 3 aromatic rings. The summed E-state index contributed by atoms with van der Waals surface area (Å²) in [7, 11) is 0. The molecular weight excluding hydrogens is 404 g/mol. The lowest BCUT2D eigenvalue weighted by atomic mass is 10.00. The van der Waals surface area contributed by atoms with Gasteiger partial charge in [-0.3, -0.25) is 9.69 Å². The molecule has 2 heterocycles. The van der Waals surface area contributed by atoms with E-state index in [9.17, 15) is 9.90 Å². The van der Waals surface area contributed by atoms with Crippen molar-refractivity contribution in [2.45, 2.75) is 45.8 Å². The number of tetrazole rings is 1. The summed E-state index contributed by atoms with van der Waals surface area (Å²) in [5.41, 5.74) is 4.43. The number of likely N-dealkylation sites (tertiary alicyclic amines) is 1. The lowest BCUT2D eigenvalue weighted by Gasteiger charge is -2.37. The van der Waals surface area contributed by atoms with Crippen LogP contribution in [0.25, 0.3) is 16.8 Å². The summed E-state index contributed by atoms with van der Waals surface area (Å²) in [5.74, 6) is 0.729. The second-order valence-electron chi connectivity index (χ2n) is 8.99. The van der Waals surface area contributed by atoms with Crippen molar-refractivity contribution in [2.75, 3.05) is 19.6 Å². The van der Waals surface area contributed by atoms with E-state index < -0.39 is 0 Å². The summed E-state index contributed by atoms with van der Waals surface area (Å²) in [6, 6.07) is 13.9. The summed E-state index contributed by atoms with van der Waals surface area (Å²) in [6.07, 6.45) is -0.252. The molecular formula is C24H30N6O2. The Labute approximate surface area is 188 Å². The third-order valence-corrected chi connectivity index (χ3v) is 5.67. The average Bonchev–Trinajstić information content (AvgIpc) is 3.23. The Morgan fingerprint density at radius 1 is 1.12 bits per heavy atom. The van der Waals surface area contributed by atoms with Gasteiger partial charge in [-0.15, -0.1) is 5.10 Å². The van der Waals surface area contributed by atoms with Gasteiger partial charge < -0.3 is 10.4 Å². The summed E-state index contributed by atoms with van der Waals surface area (Å²) in [6.45, 7) is 10.1. The van der Waals surface area contributed by atoms with Gasteiger partial charge >= 0.3 is 0 Å². The maximum Gasteiger partial charge on any atom is 0.251 e. The van der Waals surface area contributed by atoms with E-state index in [2.05, 4.69) is 50.0 Å². The van der Waals surface area contributed by atoms with Crippen molar-refractivity contribution >= 4 is 5.91 Å². The molecule has 1 fully saturated rings. The first-order valence-corrected chi connectivity index (χ1v) is 11.0. The van der Waals surface area contributed by atoms with E-state index in [1.54, 1.807) is 4.68 Å². The molecule has 8 nitrogen and oxygen atoms in total. The molecule has 0 unspecified atom stereocenters. The minimum absolute atomic E-state index is 0.0410. The number of β-amino-alcohol motifs (C(OH)–C–C–N with tert-alkyl or cyclic N) is 1. The summed E-state index contributed by atoms with van der Waals surface area (Å²) in [4.78, 5) is 15.3. The second kappa shape index (κ2) is 9.18. The highest BCUT2D eigenvalue weighted by Crippen LogP contribution is 2.26. The molecule has 0 spiro atoms. The second-order valence-corrected chi connectivity index (χ2v) is 8.99. The maximum atomic E-state index is 13.1. The van der Waals surface area contributed by atoms with Gasteiger partial charge in [-0.1, -0.05) is 43.7 Å². The zero-order chi connectivity index (χ0) is 22.8. The quantitative estimate of drug-likeness (QED) is 0.593. The molecule has 1 saturated heterocycles. The predicted octanol–water partition coefficient (Wildman–Crippen LogP) is 2.56. The minimum atomic E-state index is -0.252. The van der Waals surface area contributed by atoms with Crippen molar-refractivity contribution in [1.82, 2.24) is 30.4 Å². The molecule has 1 aliphatic rings. The van der Waals surface area contributed by atoms with Crippen LogP contribution < -0.4 is 5.32 Å². The van der Waals surface area contributed by atoms with Crippen LogP contribution in [0.1, 0.15) is 48.4 Å². The van der Waals surface area contributed by atoms with Gasteiger partial charge in [0.25, 0.3) is 5.91 Å². The van der Waals surface area contributed by atoms with E-state index in [4.69, 9.17) is 0 Å². The van der Waals surface area contributed by atoms with E-state index in [-0.39, 0.29) is 24.0 Å². The van der Waals surface area contributed by atoms with Crippen molar-refractivity contribution in [1.29, 1.82) is 0 Å². The van der Waals surface area contributed by atoms with Crippen molar-refractivity contribution in [3.63, 3.8) is 0 Å². The van der Waals surface area contributed by atoms with Crippen LogP contribution in [0, 0.1) is 6.92 Å². The summed E-state index contributed by atoms with van der Waals surface area (Å²) >= 11 is 0. The normalized spacial score (nSPS) is 15.6. The smallest absolute Gasteiger partial charge is 0.251 e. The van der Waals surface area contributed by atoms with E-state index in [0.29, 0.717) is 25.2 Å². The summed E-state index contributed by atoms with van der Waals surface area (Å²) in [5, 5.41) is 24.7. The lowest BCUT2D eigenvalue weighted by molar-refractivity contribution is -0.00156. The van der Waals surface area contributed by atoms with E-state index in [1.165, 1.54) is 5.56 Å². The molecule has 2 N–H and O–H groups in total. The first-order valence-electron chi connectivity index (χ1n) is 11.0. The van der Waals surface area contributed by atoms with Crippen LogP contribution >= 0.6 is 0 Å². The highest BCUT2D eigenvalue weighted by atomic mass is 16.3. The zero-order valence-electron chi connectivity index (χ0n) is 19.0. The Kier molecular flexibility index (Phi) is 6.34. The van der Waals surface area contributed by atoms with Crippen molar-refractivity contribution in [3.8, 4) is 16.8 Å². The summed E-state index contributed by atoms with van der Waals surface area (Å²) < 4.78 is 1.70. The fraction of sp³-hybridized carbons (Fsp3) is 0.417. The first-order chi connectivity index (χ1) is 15.3. The van der Waals surface area contributed by atoms with Crippen molar-refractivity contribution in [2.24, 2.45) is 0 Å². The molecule has 2 aromatic carbocycles. The molecule has 168 valence electrons. The van der Waals surface area contributed by atoms with Gasteiger partial charge in [-0.05, 0) is 53.6 Å².